The molecule has 0 aliphatic carbocycles. The largest absolute Gasteiger partial charge is 0.484 e. The highest BCUT2D eigenvalue weighted by atomic mass is 32.2. The van der Waals surface area contributed by atoms with Gasteiger partial charge in [-0.15, -0.1) is 0 Å². The van der Waals surface area contributed by atoms with E-state index in [4.69, 9.17) is 9.79 Å². The summed E-state index contributed by atoms with van der Waals surface area (Å²) in [5, 5.41) is -1.17. The van der Waals surface area contributed by atoms with E-state index in [0.29, 0.717) is 0 Å². The van der Waals surface area contributed by atoms with Gasteiger partial charge in [-0.3, -0.25) is 0 Å². The number of hydrogen-bond donors (Lipinski definition) is 2. The molecule has 0 saturated heterocycles. The second-order valence-corrected chi connectivity index (χ2v) is 6.35. The minimum absolute atomic E-state index is 0.122. The maximum Gasteiger partial charge on any atom is 0.484 e. The Labute approximate surface area is 99.0 Å². The molecule has 0 aliphatic rings. The van der Waals surface area contributed by atoms with E-state index in [-0.39, 0.29) is 6.42 Å². The van der Waals surface area contributed by atoms with Crippen LogP contribution in [0.15, 0.2) is 30.6 Å². The van der Waals surface area contributed by atoms with Crippen molar-refractivity contribution in [3.63, 3.8) is 0 Å². The summed E-state index contributed by atoms with van der Waals surface area (Å²) < 4.78 is 39.0. The van der Waals surface area contributed by atoms with Crippen LogP contribution in [0, 0.1) is 0 Å². The number of phosphoric acid groups is 1. The minimum Gasteiger partial charge on any atom is -0.302 e. The Balaban J connectivity index is 3.08. The van der Waals surface area contributed by atoms with E-state index < -0.39 is 23.3 Å². The molecule has 17 heavy (non-hydrogen) atoms. The summed E-state index contributed by atoms with van der Waals surface area (Å²) in [6.07, 6.45) is 3.08. The molecule has 0 aliphatic heterocycles. The van der Waals surface area contributed by atoms with E-state index in [1.807, 2.05) is 0 Å². The van der Waals surface area contributed by atoms with Gasteiger partial charge in [0.05, 0.1) is 0 Å². The molecule has 2 N–H and O–H groups in total. The van der Waals surface area contributed by atoms with Gasteiger partial charge in [-0.2, -0.15) is 17.0 Å². The fourth-order valence-corrected chi connectivity index (χ4v) is 3.68. The van der Waals surface area contributed by atoms with Crippen LogP contribution in [0.3, 0.4) is 0 Å². The summed E-state index contributed by atoms with van der Waals surface area (Å²) in [7, 11) is -9.46. The first-order valence-corrected chi connectivity index (χ1v) is 7.73. The Morgan fingerprint density at radius 1 is 1.29 bits per heavy atom. The van der Waals surface area contributed by atoms with Gasteiger partial charge in [-0.1, -0.05) is 13.0 Å². The van der Waals surface area contributed by atoms with Gasteiger partial charge in [0.2, 0.25) is 0 Å². The summed E-state index contributed by atoms with van der Waals surface area (Å²) in [5.74, 6) is 0. The Morgan fingerprint density at radius 3 is 2.24 bits per heavy atom. The highest BCUT2D eigenvalue weighted by molar-refractivity contribution is 7.90. The number of hydrogen-bond acceptors (Lipinski definition) is 4. The Hall–Kier alpha value is -0.790. The van der Waals surface area contributed by atoms with Crippen LogP contribution in [-0.2, 0) is 18.7 Å². The second-order valence-electron chi connectivity index (χ2n) is 3.24. The van der Waals surface area contributed by atoms with Gasteiger partial charge < -0.3 is 9.79 Å². The van der Waals surface area contributed by atoms with E-state index >= 15 is 0 Å². The van der Waals surface area contributed by atoms with Crippen molar-refractivity contribution < 1.29 is 31.3 Å². The van der Waals surface area contributed by atoms with E-state index in [1.54, 1.807) is 25.1 Å². The van der Waals surface area contributed by atoms with E-state index in [2.05, 4.69) is 3.97 Å². The Bertz CT molecular complexity index is 510. The lowest BCUT2D eigenvalue weighted by Crippen LogP contribution is -2.43. The van der Waals surface area contributed by atoms with Crippen molar-refractivity contribution in [2.45, 2.75) is 18.7 Å². The highest BCUT2D eigenvalue weighted by Gasteiger charge is 2.38. The number of aromatic nitrogens is 1. The summed E-state index contributed by atoms with van der Waals surface area (Å²) in [4.78, 5) is 17.1. The topological polar surface area (TPSA) is 105 Å². The van der Waals surface area contributed by atoms with Gasteiger partial charge in [-0.05, 0) is 0 Å². The lowest BCUT2D eigenvalue weighted by atomic mass is 10.4. The van der Waals surface area contributed by atoms with Crippen LogP contribution in [0.1, 0.15) is 18.7 Å². The predicted molar refractivity (Wildman–Crippen MR) is 58.0 cm³/mol. The molecule has 1 aromatic heterocycles. The van der Waals surface area contributed by atoms with Crippen molar-refractivity contribution in [1.82, 2.24) is 0 Å². The molecule has 0 spiro atoms. The molecule has 0 fully saturated rings. The van der Waals surface area contributed by atoms with Crippen LogP contribution in [0.2, 0.25) is 0 Å². The fraction of sp³-hybridized carbons (Fsp3) is 0.375. The first-order valence-electron chi connectivity index (χ1n) is 4.72. The van der Waals surface area contributed by atoms with Gasteiger partial charge >= 0.3 is 17.9 Å². The molecule has 1 heterocycles. The van der Waals surface area contributed by atoms with Crippen LogP contribution in [0.4, 0.5) is 0 Å². The molecule has 0 saturated carbocycles. The average Bonchev–Trinajstić information content (AvgIpc) is 2.15. The lowest BCUT2D eigenvalue weighted by molar-refractivity contribution is -0.702. The van der Waals surface area contributed by atoms with Gasteiger partial charge in [0.1, 0.15) is 0 Å². The van der Waals surface area contributed by atoms with Crippen molar-refractivity contribution in [3.05, 3.63) is 30.6 Å². The molecule has 0 amide bonds. The maximum absolute atomic E-state index is 11.6. The molecule has 9 heteroatoms. The van der Waals surface area contributed by atoms with Crippen molar-refractivity contribution in [1.29, 1.82) is 0 Å². The predicted octanol–water partition coefficient (Wildman–Crippen LogP) is 0.322. The molecular formula is C8H13NO6PS+. The molecular weight excluding hydrogens is 269 g/mol. The van der Waals surface area contributed by atoms with Crippen molar-refractivity contribution in [2.75, 3.05) is 0 Å². The lowest BCUT2D eigenvalue weighted by Gasteiger charge is -2.11. The highest BCUT2D eigenvalue weighted by Crippen LogP contribution is 2.40. The van der Waals surface area contributed by atoms with E-state index in [9.17, 15) is 13.0 Å². The van der Waals surface area contributed by atoms with Crippen LogP contribution >= 0.6 is 7.82 Å². The maximum atomic E-state index is 11.6. The van der Waals surface area contributed by atoms with Crippen LogP contribution in [0.25, 0.3) is 0 Å². The monoisotopic (exact) mass is 282 g/mol. The quantitative estimate of drug-likeness (QED) is 0.595. The van der Waals surface area contributed by atoms with Crippen LogP contribution < -0.4 is 4.57 Å². The van der Waals surface area contributed by atoms with E-state index in [0.717, 1.165) is 0 Å². The second kappa shape index (κ2) is 5.24. The molecule has 1 rings (SSSR count). The molecule has 1 unspecified atom stereocenters. The molecule has 1 aromatic rings. The fourth-order valence-electron chi connectivity index (χ4n) is 1.35. The van der Waals surface area contributed by atoms with Gasteiger partial charge in [-0.25, -0.2) is 4.57 Å². The van der Waals surface area contributed by atoms with Crippen molar-refractivity contribution in [3.8, 4) is 0 Å². The zero-order chi connectivity index (χ0) is 13.1. The van der Waals surface area contributed by atoms with Gasteiger partial charge in [0, 0.05) is 18.6 Å². The number of rotatable bonds is 5. The zero-order valence-electron chi connectivity index (χ0n) is 9.00. The third-order valence-corrected chi connectivity index (χ3v) is 4.81. The summed E-state index contributed by atoms with van der Waals surface area (Å²) in [6.45, 7) is 1.57. The zero-order valence-corrected chi connectivity index (χ0v) is 10.7. The number of pyridine rings is 1. The Kier molecular flexibility index (Phi) is 4.40. The third kappa shape index (κ3) is 4.18. The van der Waals surface area contributed by atoms with Gasteiger partial charge in [0.15, 0.2) is 12.4 Å². The summed E-state index contributed by atoms with van der Waals surface area (Å²) in [6, 6.07) is 4.91. The number of nitrogens with zero attached hydrogens (tertiary/aromatic N) is 1. The molecule has 0 aromatic carbocycles. The third-order valence-electron chi connectivity index (χ3n) is 1.95. The average molecular weight is 282 g/mol. The summed E-state index contributed by atoms with van der Waals surface area (Å²) in [5.41, 5.74) is 0. The van der Waals surface area contributed by atoms with E-state index in [1.165, 1.54) is 17.0 Å². The molecule has 1 atom stereocenters. The minimum atomic E-state index is -5.08. The SMILES string of the molecule is CCC([n+]1ccccc1)S(=O)(=O)OP(=O)(O)O. The molecule has 0 radical (unpaired) electrons. The van der Waals surface area contributed by atoms with Crippen molar-refractivity contribution >= 4 is 17.9 Å². The summed E-state index contributed by atoms with van der Waals surface area (Å²) >= 11 is 0. The van der Waals surface area contributed by atoms with Gasteiger partial charge in [0.25, 0.3) is 5.37 Å². The molecule has 7 nitrogen and oxygen atoms in total. The van der Waals surface area contributed by atoms with Crippen LogP contribution in [0.5, 0.6) is 0 Å². The molecule has 96 valence electrons. The standard InChI is InChI=1S/C8H12NO6PS/c1-2-8(9-6-4-3-5-7-9)17(13,14)15-16(10,11)12/h3-8H,2H2,1H3,(H-,10,11,12)/p+1. The molecule has 0 bridgehead atoms. The van der Waals surface area contributed by atoms with Crippen LogP contribution in [-0.4, -0.2) is 18.2 Å². The first-order chi connectivity index (χ1) is 7.76. The first kappa shape index (κ1) is 14.3. The van der Waals surface area contributed by atoms with Crippen molar-refractivity contribution in [2.24, 2.45) is 0 Å². The Morgan fingerprint density at radius 2 is 1.82 bits per heavy atom. The normalized spacial score (nSPS) is 14.5. The smallest absolute Gasteiger partial charge is 0.302 e.